The molecular weight excluding hydrogens is 318 g/mol. The Kier molecular flexibility index (Phi) is 5.15. The second-order valence-corrected chi connectivity index (χ2v) is 6.79. The highest BCUT2D eigenvalue weighted by molar-refractivity contribution is 5.77. The van der Waals surface area contributed by atoms with Crippen LogP contribution in [0.25, 0.3) is 0 Å². The number of hydrogen-bond donors (Lipinski definition) is 1. The minimum absolute atomic E-state index is 0.00636. The predicted molar refractivity (Wildman–Crippen MR) is 83.4 cm³/mol. The van der Waals surface area contributed by atoms with Crippen LogP contribution < -0.4 is 0 Å². The summed E-state index contributed by atoms with van der Waals surface area (Å²) < 4.78 is 26.5. The fraction of sp³-hybridized carbons (Fsp3) is 0.750. The number of carbonyl (C=O) groups excluding carboxylic acids is 1. The summed E-state index contributed by atoms with van der Waals surface area (Å²) in [5, 5.41) is 10.4. The highest BCUT2D eigenvalue weighted by Crippen LogP contribution is 2.32. The summed E-state index contributed by atoms with van der Waals surface area (Å²) in [5.74, 6) is 0.332. The third-order valence-electron chi connectivity index (χ3n) is 5.06. The maximum atomic E-state index is 12.8. The first-order valence-electron chi connectivity index (χ1n) is 8.49. The fourth-order valence-corrected chi connectivity index (χ4v) is 3.60. The lowest BCUT2D eigenvalue weighted by molar-refractivity contribution is -0.138. The third kappa shape index (κ3) is 3.92. The number of imidazole rings is 1. The lowest BCUT2D eigenvalue weighted by Crippen LogP contribution is -2.50. The van der Waals surface area contributed by atoms with Crippen LogP contribution in [0.5, 0.6) is 0 Å². The van der Waals surface area contributed by atoms with Crippen LogP contribution in [-0.2, 0) is 11.3 Å². The van der Waals surface area contributed by atoms with Crippen molar-refractivity contribution in [2.75, 3.05) is 26.2 Å². The number of carbonyl (C=O) groups is 1. The molecule has 1 aliphatic carbocycles. The van der Waals surface area contributed by atoms with E-state index in [0.29, 0.717) is 51.4 Å². The SMILES string of the molecule is O=C(CC1(O)CCCC1)N1CCN(Cc2nccn2C(F)F)CC1. The molecule has 2 fully saturated rings. The van der Waals surface area contributed by atoms with Crippen LogP contribution >= 0.6 is 0 Å². The molecule has 1 aliphatic heterocycles. The van der Waals surface area contributed by atoms with Gasteiger partial charge >= 0.3 is 6.55 Å². The van der Waals surface area contributed by atoms with Crippen LogP contribution in [0, 0.1) is 0 Å². The summed E-state index contributed by atoms with van der Waals surface area (Å²) >= 11 is 0. The Morgan fingerprint density at radius 1 is 1.25 bits per heavy atom. The van der Waals surface area contributed by atoms with Crippen molar-refractivity contribution in [3.8, 4) is 0 Å². The molecule has 2 aliphatic rings. The number of piperazine rings is 1. The fourth-order valence-electron chi connectivity index (χ4n) is 3.60. The van der Waals surface area contributed by atoms with Gasteiger partial charge in [-0.15, -0.1) is 0 Å². The van der Waals surface area contributed by atoms with Crippen molar-refractivity contribution >= 4 is 5.91 Å². The number of hydrogen-bond acceptors (Lipinski definition) is 4. The van der Waals surface area contributed by atoms with Crippen LogP contribution in [0.4, 0.5) is 8.78 Å². The molecule has 134 valence electrons. The first-order valence-corrected chi connectivity index (χ1v) is 8.49. The van der Waals surface area contributed by atoms with Gasteiger partial charge in [0.25, 0.3) is 0 Å². The zero-order valence-corrected chi connectivity index (χ0v) is 13.7. The Labute approximate surface area is 140 Å². The van der Waals surface area contributed by atoms with Gasteiger partial charge in [-0.3, -0.25) is 14.3 Å². The van der Waals surface area contributed by atoms with Gasteiger partial charge in [0, 0.05) is 38.6 Å². The second-order valence-electron chi connectivity index (χ2n) is 6.79. The first-order chi connectivity index (χ1) is 11.5. The molecule has 0 radical (unpaired) electrons. The molecule has 0 atom stereocenters. The number of alkyl halides is 2. The number of aliphatic hydroxyl groups is 1. The zero-order chi connectivity index (χ0) is 17.2. The maximum absolute atomic E-state index is 12.8. The molecule has 8 heteroatoms. The monoisotopic (exact) mass is 342 g/mol. The van der Waals surface area contributed by atoms with Crippen molar-refractivity contribution < 1.29 is 18.7 Å². The quantitative estimate of drug-likeness (QED) is 0.883. The molecule has 1 amide bonds. The normalized spacial score (nSPS) is 21.6. The Morgan fingerprint density at radius 2 is 1.92 bits per heavy atom. The predicted octanol–water partition coefficient (Wildman–Crippen LogP) is 1.62. The molecule has 3 rings (SSSR count). The van der Waals surface area contributed by atoms with E-state index < -0.39 is 12.2 Å². The molecule has 1 N–H and O–H groups in total. The number of amides is 1. The van der Waals surface area contributed by atoms with E-state index in [0.717, 1.165) is 17.4 Å². The van der Waals surface area contributed by atoms with Crippen molar-refractivity contribution in [3.05, 3.63) is 18.2 Å². The first kappa shape index (κ1) is 17.3. The van der Waals surface area contributed by atoms with Gasteiger partial charge < -0.3 is 10.0 Å². The Hall–Kier alpha value is -1.54. The van der Waals surface area contributed by atoms with Crippen LogP contribution in [0.1, 0.15) is 44.5 Å². The van der Waals surface area contributed by atoms with Gasteiger partial charge in [-0.2, -0.15) is 8.78 Å². The minimum Gasteiger partial charge on any atom is -0.389 e. The highest BCUT2D eigenvalue weighted by atomic mass is 19.3. The Balaban J connectivity index is 1.48. The molecular formula is C16H24F2N4O2. The topological polar surface area (TPSA) is 61.6 Å². The van der Waals surface area contributed by atoms with Crippen molar-refractivity contribution in [1.82, 2.24) is 19.4 Å². The molecule has 2 heterocycles. The van der Waals surface area contributed by atoms with E-state index in [1.165, 1.54) is 12.4 Å². The van der Waals surface area contributed by atoms with Crippen molar-refractivity contribution in [2.24, 2.45) is 0 Å². The Morgan fingerprint density at radius 3 is 2.54 bits per heavy atom. The van der Waals surface area contributed by atoms with Gasteiger partial charge in [0.1, 0.15) is 5.82 Å². The molecule has 0 unspecified atom stereocenters. The van der Waals surface area contributed by atoms with Crippen LogP contribution in [-0.4, -0.2) is 62.1 Å². The molecule has 1 saturated carbocycles. The van der Waals surface area contributed by atoms with Crippen molar-refractivity contribution in [3.63, 3.8) is 0 Å². The molecule has 0 aromatic carbocycles. The van der Waals surface area contributed by atoms with E-state index >= 15 is 0 Å². The average Bonchev–Trinajstić information content (AvgIpc) is 3.17. The smallest absolute Gasteiger partial charge is 0.319 e. The van der Waals surface area contributed by atoms with Gasteiger partial charge in [-0.1, -0.05) is 12.8 Å². The standard InChI is InChI=1S/C16H24F2N4O2/c17-15(18)22-6-5-19-13(22)12-20-7-9-21(10-8-20)14(23)11-16(24)3-1-2-4-16/h5-6,15,24H,1-4,7-12H2. The van der Waals surface area contributed by atoms with Crippen LogP contribution in [0.3, 0.4) is 0 Å². The van der Waals surface area contributed by atoms with Gasteiger partial charge in [0.2, 0.25) is 5.91 Å². The number of nitrogens with zero attached hydrogens (tertiary/aromatic N) is 4. The second kappa shape index (κ2) is 7.14. The van der Waals surface area contributed by atoms with Gasteiger partial charge in [0.05, 0.1) is 18.6 Å². The summed E-state index contributed by atoms with van der Waals surface area (Å²) in [4.78, 5) is 20.1. The molecule has 1 aromatic heterocycles. The van der Waals surface area contributed by atoms with Crippen molar-refractivity contribution in [2.45, 2.75) is 50.8 Å². The highest BCUT2D eigenvalue weighted by Gasteiger charge is 2.35. The lowest BCUT2D eigenvalue weighted by atomic mass is 9.97. The van der Waals surface area contributed by atoms with E-state index in [9.17, 15) is 18.7 Å². The largest absolute Gasteiger partial charge is 0.389 e. The van der Waals surface area contributed by atoms with E-state index in [4.69, 9.17) is 0 Å². The summed E-state index contributed by atoms with van der Waals surface area (Å²) in [7, 11) is 0. The zero-order valence-electron chi connectivity index (χ0n) is 13.7. The van der Waals surface area contributed by atoms with Crippen LogP contribution in [0.15, 0.2) is 12.4 Å². The van der Waals surface area contributed by atoms with Gasteiger partial charge in [-0.25, -0.2) is 4.98 Å². The van der Waals surface area contributed by atoms with Gasteiger partial charge in [-0.05, 0) is 12.8 Å². The van der Waals surface area contributed by atoms with Crippen LogP contribution in [0.2, 0.25) is 0 Å². The summed E-state index contributed by atoms with van der Waals surface area (Å²) in [6.07, 6.45) is 6.22. The Bertz CT molecular complexity index is 564. The van der Waals surface area contributed by atoms with E-state index in [2.05, 4.69) is 4.98 Å². The molecule has 0 bridgehead atoms. The molecule has 0 spiro atoms. The van der Waals surface area contributed by atoms with Crippen molar-refractivity contribution in [1.29, 1.82) is 0 Å². The number of aromatic nitrogens is 2. The lowest BCUT2D eigenvalue weighted by Gasteiger charge is -2.36. The number of halogens is 2. The number of rotatable bonds is 5. The van der Waals surface area contributed by atoms with E-state index in [-0.39, 0.29) is 12.3 Å². The van der Waals surface area contributed by atoms with Gasteiger partial charge in [0.15, 0.2) is 0 Å². The molecule has 1 aromatic rings. The summed E-state index contributed by atoms with van der Waals surface area (Å²) in [5.41, 5.74) is -0.823. The van der Waals surface area contributed by atoms with E-state index in [1.807, 2.05) is 4.90 Å². The van der Waals surface area contributed by atoms with E-state index in [1.54, 1.807) is 4.90 Å². The maximum Gasteiger partial charge on any atom is 0.319 e. The molecule has 24 heavy (non-hydrogen) atoms. The summed E-state index contributed by atoms with van der Waals surface area (Å²) in [6.45, 7) is 0.135. The minimum atomic E-state index is -2.59. The molecule has 1 saturated heterocycles. The third-order valence-corrected chi connectivity index (χ3v) is 5.06. The molecule has 6 nitrogen and oxygen atoms in total. The average molecular weight is 342 g/mol. The summed E-state index contributed by atoms with van der Waals surface area (Å²) in [6, 6.07) is 0.